The molecule has 114 valence electrons. The number of hydrogen-bond acceptors (Lipinski definition) is 2. The molecule has 2 aromatic carbocycles. The van der Waals surface area contributed by atoms with E-state index in [1.54, 1.807) is 12.1 Å². The van der Waals surface area contributed by atoms with Gasteiger partial charge in [0.2, 0.25) is 0 Å². The molecule has 1 unspecified atom stereocenters. The highest BCUT2D eigenvalue weighted by atomic mass is 35.5. The first-order valence-corrected chi connectivity index (χ1v) is 8.03. The summed E-state index contributed by atoms with van der Waals surface area (Å²) in [6.45, 7) is 0. The van der Waals surface area contributed by atoms with Crippen molar-refractivity contribution in [2.45, 2.75) is 18.9 Å². The molecule has 0 bridgehead atoms. The van der Waals surface area contributed by atoms with Gasteiger partial charge in [0, 0.05) is 10.9 Å². The number of pyridine rings is 1. The molecule has 3 aromatic rings. The number of hydrogen-bond donors (Lipinski definition) is 1. The molecule has 4 rings (SSSR count). The molecule has 4 heteroatoms. The third kappa shape index (κ3) is 2.68. The number of halogens is 1. The molecule has 0 aliphatic heterocycles. The number of nitrogens with one attached hydrogen (secondary N) is 1. The first-order valence-electron chi connectivity index (χ1n) is 7.66. The van der Waals surface area contributed by atoms with Gasteiger partial charge in [0.1, 0.15) is 5.15 Å². The van der Waals surface area contributed by atoms with Crippen LogP contribution in [-0.4, -0.2) is 10.9 Å². The van der Waals surface area contributed by atoms with Gasteiger partial charge in [-0.15, -0.1) is 0 Å². The van der Waals surface area contributed by atoms with Crippen LogP contribution in [0.4, 0.5) is 0 Å². The molecule has 3 nitrogen and oxygen atoms in total. The van der Waals surface area contributed by atoms with Crippen LogP contribution in [0.5, 0.6) is 0 Å². The second-order valence-electron chi connectivity index (χ2n) is 5.80. The molecular weight excluding hydrogens is 308 g/mol. The Balaban J connectivity index is 1.59. The maximum Gasteiger partial charge on any atom is 0.251 e. The van der Waals surface area contributed by atoms with E-state index in [0.717, 1.165) is 23.7 Å². The monoisotopic (exact) mass is 322 g/mol. The van der Waals surface area contributed by atoms with E-state index < -0.39 is 0 Å². The lowest BCUT2D eigenvalue weighted by atomic mass is 10.1. The van der Waals surface area contributed by atoms with Crippen LogP contribution >= 0.6 is 11.6 Å². The first kappa shape index (κ1) is 14.2. The molecule has 0 saturated heterocycles. The van der Waals surface area contributed by atoms with E-state index >= 15 is 0 Å². The number of rotatable bonds is 2. The normalized spacial score (nSPS) is 16.3. The fourth-order valence-electron chi connectivity index (χ4n) is 3.19. The molecule has 1 N–H and O–H groups in total. The number of benzene rings is 2. The lowest BCUT2D eigenvalue weighted by Gasteiger charge is -2.14. The summed E-state index contributed by atoms with van der Waals surface area (Å²) in [7, 11) is 0. The van der Waals surface area contributed by atoms with Gasteiger partial charge in [0.25, 0.3) is 5.91 Å². The number of fused-ring (bicyclic) bond motifs is 2. The van der Waals surface area contributed by atoms with Crippen molar-refractivity contribution in [3.63, 3.8) is 0 Å². The first-order chi connectivity index (χ1) is 11.2. The summed E-state index contributed by atoms with van der Waals surface area (Å²) >= 11 is 5.89. The molecule has 0 radical (unpaired) electrons. The van der Waals surface area contributed by atoms with Crippen LogP contribution in [0.2, 0.25) is 5.15 Å². The topological polar surface area (TPSA) is 42.0 Å². The zero-order chi connectivity index (χ0) is 15.8. The zero-order valence-corrected chi connectivity index (χ0v) is 13.2. The molecule has 23 heavy (non-hydrogen) atoms. The number of carbonyl (C=O) groups excluding carboxylic acids is 1. The van der Waals surface area contributed by atoms with Crippen LogP contribution in [0.1, 0.15) is 33.9 Å². The maximum absolute atomic E-state index is 12.6. The zero-order valence-electron chi connectivity index (χ0n) is 12.4. The van der Waals surface area contributed by atoms with Gasteiger partial charge in [0.05, 0.1) is 11.6 Å². The highest BCUT2D eigenvalue weighted by Gasteiger charge is 2.23. The second-order valence-corrected chi connectivity index (χ2v) is 6.19. The number of amides is 1. The van der Waals surface area contributed by atoms with Gasteiger partial charge in [-0.3, -0.25) is 4.79 Å². The predicted octanol–water partition coefficient (Wildman–Crippen LogP) is 4.31. The number of aryl methyl sites for hydroxylation is 1. The molecule has 1 aromatic heterocycles. The van der Waals surface area contributed by atoms with Gasteiger partial charge in [-0.25, -0.2) is 4.98 Å². The number of aromatic nitrogens is 1. The largest absolute Gasteiger partial charge is 0.345 e. The Morgan fingerprint density at radius 2 is 2.00 bits per heavy atom. The lowest BCUT2D eigenvalue weighted by molar-refractivity contribution is 0.0937. The number of nitrogens with zero attached hydrogens (tertiary/aromatic N) is 1. The predicted molar refractivity (Wildman–Crippen MR) is 91.7 cm³/mol. The summed E-state index contributed by atoms with van der Waals surface area (Å²) in [6.07, 6.45) is 1.97. The highest BCUT2D eigenvalue weighted by Crippen LogP contribution is 2.31. The van der Waals surface area contributed by atoms with Crippen molar-refractivity contribution < 1.29 is 4.79 Å². The van der Waals surface area contributed by atoms with Crippen molar-refractivity contribution >= 4 is 28.4 Å². The lowest BCUT2D eigenvalue weighted by Crippen LogP contribution is -2.27. The Kier molecular flexibility index (Phi) is 3.50. The smallest absolute Gasteiger partial charge is 0.251 e. The van der Waals surface area contributed by atoms with Crippen LogP contribution < -0.4 is 5.32 Å². The van der Waals surface area contributed by atoms with Crippen molar-refractivity contribution in [1.29, 1.82) is 0 Å². The van der Waals surface area contributed by atoms with Gasteiger partial charge < -0.3 is 5.32 Å². The van der Waals surface area contributed by atoms with Crippen LogP contribution in [-0.2, 0) is 6.42 Å². The molecule has 1 heterocycles. The summed E-state index contributed by atoms with van der Waals surface area (Å²) in [5.74, 6) is -0.0523. The fraction of sp³-hybridized carbons (Fsp3) is 0.158. The van der Waals surface area contributed by atoms with Crippen molar-refractivity contribution in [2.24, 2.45) is 0 Å². The van der Waals surface area contributed by atoms with E-state index in [4.69, 9.17) is 11.6 Å². The summed E-state index contributed by atoms with van der Waals surface area (Å²) in [6, 6.07) is 17.5. The average molecular weight is 323 g/mol. The van der Waals surface area contributed by atoms with E-state index in [0.29, 0.717) is 10.7 Å². The summed E-state index contributed by atoms with van der Waals surface area (Å²) in [5.41, 5.74) is 4.00. The molecule has 1 aliphatic rings. The fourth-order valence-corrected chi connectivity index (χ4v) is 3.34. The van der Waals surface area contributed by atoms with Crippen LogP contribution in [0.15, 0.2) is 54.6 Å². The third-order valence-electron chi connectivity index (χ3n) is 4.36. The van der Waals surface area contributed by atoms with Crippen LogP contribution in [0, 0.1) is 0 Å². The van der Waals surface area contributed by atoms with E-state index in [9.17, 15) is 4.79 Å². The Bertz CT molecular complexity index is 907. The molecular formula is C19H15ClN2O. The summed E-state index contributed by atoms with van der Waals surface area (Å²) in [4.78, 5) is 16.8. The molecule has 0 spiro atoms. The van der Waals surface area contributed by atoms with Gasteiger partial charge in [-0.1, -0.05) is 35.9 Å². The van der Waals surface area contributed by atoms with Gasteiger partial charge in [-0.05, 0) is 54.3 Å². The summed E-state index contributed by atoms with van der Waals surface area (Å²) in [5, 5.41) is 4.51. The third-order valence-corrected chi connectivity index (χ3v) is 4.57. The molecule has 0 fully saturated rings. The minimum Gasteiger partial charge on any atom is -0.345 e. The average Bonchev–Trinajstić information content (AvgIpc) is 2.97. The minimum absolute atomic E-state index is 0.0523. The summed E-state index contributed by atoms with van der Waals surface area (Å²) < 4.78 is 0. The quantitative estimate of drug-likeness (QED) is 0.714. The van der Waals surface area contributed by atoms with E-state index in [-0.39, 0.29) is 11.9 Å². The van der Waals surface area contributed by atoms with E-state index in [1.165, 1.54) is 11.1 Å². The van der Waals surface area contributed by atoms with Crippen molar-refractivity contribution in [1.82, 2.24) is 10.3 Å². The van der Waals surface area contributed by atoms with Gasteiger partial charge >= 0.3 is 0 Å². The van der Waals surface area contributed by atoms with Gasteiger partial charge in [-0.2, -0.15) is 0 Å². The van der Waals surface area contributed by atoms with E-state index in [2.05, 4.69) is 22.4 Å². The molecule has 1 amide bonds. The highest BCUT2D eigenvalue weighted by molar-refractivity contribution is 6.29. The second kappa shape index (κ2) is 5.67. The standard InChI is InChI=1S/C19H15ClN2O/c20-18-10-7-13-11-14(6-8-16(13)21-18)19(23)22-17-9-5-12-3-1-2-4-15(12)17/h1-4,6-8,10-11,17H,5,9H2,(H,22,23). The Hall–Kier alpha value is -2.39. The van der Waals surface area contributed by atoms with E-state index in [1.807, 2.05) is 30.3 Å². The Morgan fingerprint density at radius 1 is 1.13 bits per heavy atom. The Labute approximate surface area is 139 Å². The minimum atomic E-state index is -0.0523. The van der Waals surface area contributed by atoms with Gasteiger partial charge in [0.15, 0.2) is 0 Å². The van der Waals surface area contributed by atoms with Crippen LogP contribution in [0.25, 0.3) is 10.9 Å². The maximum atomic E-state index is 12.6. The molecule has 0 saturated carbocycles. The molecule has 1 aliphatic carbocycles. The van der Waals surface area contributed by atoms with Crippen molar-refractivity contribution in [3.05, 3.63) is 76.4 Å². The van der Waals surface area contributed by atoms with Crippen LogP contribution in [0.3, 0.4) is 0 Å². The van der Waals surface area contributed by atoms with Crippen molar-refractivity contribution in [3.8, 4) is 0 Å². The Morgan fingerprint density at radius 3 is 2.91 bits per heavy atom. The molecule has 1 atom stereocenters. The van der Waals surface area contributed by atoms with Crippen molar-refractivity contribution in [2.75, 3.05) is 0 Å². The SMILES string of the molecule is O=C(NC1CCc2ccccc21)c1ccc2nc(Cl)ccc2c1. The number of carbonyl (C=O) groups is 1.